The zero-order valence-electron chi connectivity index (χ0n) is 21.6. The van der Waals surface area contributed by atoms with E-state index in [0.29, 0.717) is 12.2 Å². The molecule has 1 saturated heterocycles. The third kappa shape index (κ3) is 6.43. The van der Waals surface area contributed by atoms with Gasteiger partial charge in [0.25, 0.3) is 5.91 Å². The second kappa shape index (κ2) is 12.8. The molecule has 2 aliphatic heterocycles. The van der Waals surface area contributed by atoms with E-state index in [1.807, 2.05) is 48.5 Å². The average Bonchev–Trinajstić information content (AvgIpc) is 3.28. The zero-order valence-corrected chi connectivity index (χ0v) is 22.4. The van der Waals surface area contributed by atoms with Crippen molar-refractivity contribution in [3.63, 3.8) is 0 Å². The summed E-state index contributed by atoms with van der Waals surface area (Å²) in [6, 6.07) is 19.5. The van der Waals surface area contributed by atoms with Crippen LogP contribution in [0.3, 0.4) is 0 Å². The first-order valence-corrected chi connectivity index (χ1v) is 14.1. The van der Waals surface area contributed by atoms with Crippen LogP contribution in [0.25, 0.3) is 0 Å². The van der Waals surface area contributed by atoms with Crippen molar-refractivity contribution >= 4 is 29.6 Å². The molecule has 0 bridgehead atoms. The molecule has 40 heavy (non-hydrogen) atoms. The van der Waals surface area contributed by atoms with Gasteiger partial charge < -0.3 is 29.7 Å². The van der Waals surface area contributed by atoms with Crippen molar-refractivity contribution in [3.05, 3.63) is 106 Å². The molecule has 3 aromatic carbocycles. The number of fused-ring (bicyclic) bond motifs is 1. The van der Waals surface area contributed by atoms with Gasteiger partial charge in [0, 0.05) is 35.6 Å². The van der Waals surface area contributed by atoms with Crippen LogP contribution < -0.4 is 5.32 Å². The quantitative estimate of drug-likeness (QED) is 0.192. The number of aliphatic hydroxyl groups is 2. The van der Waals surface area contributed by atoms with Crippen LogP contribution in [-0.2, 0) is 27.4 Å². The molecule has 208 valence electrons. The Morgan fingerprint density at radius 1 is 0.875 bits per heavy atom. The van der Waals surface area contributed by atoms with Crippen molar-refractivity contribution in [1.82, 2.24) is 5.32 Å². The van der Waals surface area contributed by atoms with Crippen LogP contribution in [0.1, 0.15) is 72.1 Å². The molecule has 1 amide bonds. The Bertz CT molecular complexity index is 1380. The van der Waals surface area contributed by atoms with E-state index in [9.17, 15) is 19.5 Å². The first-order chi connectivity index (χ1) is 19.4. The maximum absolute atomic E-state index is 12.7. The molecule has 10 heteroatoms. The fraction of sp³-hybridized carbons (Fsp3) is 0.300. The van der Waals surface area contributed by atoms with Crippen molar-refractivity contribution in [2.24, 2.45) is 0 Å². The molecule has 0 radical (unpaired) electrons. The first-order valence-electron chi connectivity index (χ1n) is 12.9. The van der Waals surface area contributed by atoms with Gasteiger partial charge in [0.1, 0.15) is 0 Å². The van der Waals surface area contributed by atoms with E-state index < -0.39 is 18.2 Å². The summed E-state index contributed by atoms with van der Waals surface area (Å²) >= 11 is 1.63. The number of hydrogen-bond acceptors (Lipinski definition) is 9. The maximum Gasteiger partial charge on any atom is 0.346 e. The molecule has 1 fully saturated rings. The Balaban J connectivity index is 1.23. The van der Waals surface area contributed by atoms with E-state index in [1.165, 1.54) is 18.2 Å². The molecule has 1 unspecified atom stereocenters. The number of carbonyl (C=O) groups excluding carboxylic acids is 3. The number of amides is 1. The van der Waals surface area contributed by atoms with Crippen molar-refractivity contribution in [3.8, 4) is 0 Å². The van der Waals surface area contributed by atoms with Gasteiger partial charge in [-0.05, 0) is 34.9 Å². The molecule has 3 aromatic rings. The van der Waals surface area contributed by atoms with Gasteiger partial charge in [0.05, 0.1) is 36.5 Å². The van der Waals surface area contributed by atoms with Crippen LogP contribution in [0.5, 0.6) is 0 Å². The highest BCUT2D eigenvalue weighted by molar-refractivity contribution is 7.99. The highest BCUT2D eigenvalue weighted by Gasteiger charge is 2.32. The molecule has 5 rings (SSSR count). The summed E-state index contributed by atoms with van der Waals surface area (Å²) in [5.41, 5.74) is 4.04. The molecule has 3 atom stereocenters. The standard InChI is InChI=1S/C30H29NO8S/c32-11-12-40-17-23-14-26(20-5-3-19(16-33)4-6-20)38-30(37-23)21-7-1-18(2-8-21)15-31-27(34)22-9-10-24-25(13-22)29(36)39-28(24)35/h1-10,13,23,26,30,32-33H,11-12,14-17H2,(H,31,34)/t23-,26+,30?/m0/s1. The smallest absolute Gasteiger partial charge is 0.346 e. The van der Waals surface area contributed by atoms with Gasteiger partial charge in [-0.15, -0.1) is 0 Å². The normalized spacial score (nSPS) is 20.2. The minimum Gasteiger partial charge on any atom is -0.396 e. The monoisotopic (exact) mass is 563 g/mol. The van der Waals surface area contributed by atoms with Gasteiger partial charge in [-0.3, -0.25) is 4.79 Å². The van der Waals surface area contributed by atoms with Gasteiger partial charge in [-0.25, -0.2) is 9.59 Å². The van der Waals surface area contributed by atoms with Crippen LogP contribution in [0.2, 0.25) is 0 Å². The molecule has 3 N–H and O–H groups in total. The molecule has 2 aliphatic rings. The molecular formula is C30H29NO8S. The number of carbonyl (C=O) groups is 3. The van der Waals surface area contributed by atoms with Crippen LogP contribution >= 0.6 is 11.8 Å². The number of ether oxygens (including phenoxy) is 3. The van der Waals surface area contributed by atoms with E-state index in [1.54, 1.807) is 11.8 Å². The summed E-state index contributed by atoms with van der Waals surface area (Å²) in [4.78, 5) is 36.1. The Morgan fingerprint density at radius 3 is 2.30 bits per heavy atom. The molecule has 0 spiro atoms. The lowest BCUT2D eigenvalue weighted by molar-refractivity contribution is -0.245. The average molecular weight is 564 g/mol. The topological polar surface area (TPSA) is 131 Å². The SMILES string of the molecule is O=C(NCc1ccc(C2O[C@H](CSCCO)C[C@H](c3ccc(CO)cc3)O2)cc1)c1ccc2c(c1)C(=O)OC2=O. The summed E-state index contributed by atoms with van der Waals surface area (Å²) < 4.78 is 17.2. The minimum absolute atomic E-state index is 0.0201. The molecule has 0 aromatic heterocycles. The number of aliphatic hydroxyl groups excluding tert-OH is 2. The molecular weight excluding hydrogens is 534 g/mol. The van der Waals surface area contributed by atoms with E-state index in [-0.39, 0.29) is 54.6 Å². The summed E-state index contributed by atoms with van der Waals surface area (Å²) in [7, 11) is 0. The number of nitrogens with one attached hydrogen (secondary N) is 1. The maximum atomic E-state index is 12.7. The lowest BCUT2D eigenvalue weighted by atomic mass is 10.0. The largest absolute Gasteiger partial charge is 0.396 e. The number of esters is 2. The highest BCUT2D eigenvalue weighted by atomic mass is 32.2. The molecule has 9 nitrogen and oxygen atoms in total. The Hall–Kier alpha value is -3.54. The Morgan fingerprint density at radius 2 is 1.57 bits per heavy atom. The summed E-state index contributed by atoms with van der Waals surface area (Å²) in [6.45, 7) is 0.347. The summed E-state index contributed by atoms with van der Waals surface area (Å²) in [5, 5.41) is 21.4. The predicted molar refractivity (Wildman–Crippen MR) is 147 cm³/mol. The van der Waals surface area contributed by atoms with Gasteiger partial charge >= 0.3 is 11.9 Å². The van der Waals surface area contributed by atoms with E-state index in [2.05, 4.69) is 10.1 Å². The molecule has 2 heterocycles. The van der Waals surface area contributed by atoms with E-state index in [0.717, 1.165) is 28.0 Å². The molecule has 0 aliphatic carbocycles. The lowest BCUT2D eigenvalue weighted by Gasteiger charge is -2.36. The predicted octanol–water partition coefficient (Wildman–Crippen LogP) is 3.69. The van der Waals surface area contributed by atoms with Gasteiger partial charge in [-0.2, -0.15) is 11.8 Å². The Kier molecular flexibility index (Phi) is 8.93. The van der Waals surface area contributed by atoms with E-state index in [4.69, 9.17) is 14.6 Å². The highest BCUT2D eigenvalue weighted by Crippen LogP contribution is 2.38. The van der Waals surface area contributed by atoms with Gasteiger partial charge in [0.2, 0.25) is 0 Å². The van der Waals surface area contributed by atoms with Crippen molar-refractivity contribution in [1.29, 1.82) is 0 Å². The van der Waals surface area contributed by atoms with Crippen LogP contribution in [0.4, 0.5) is 0 Å². The van der Waals surface area contributed by atoms with Crippen LogP contribution in [0.15, 0.2) is 66.7 Å². The fourth-order valence-electron chi connectivity index (χ4n) is 4.61. The second-order valence-electron chi connectivity index (χ2n) is 9.51. The third-order valence-corrected chi connectivity index (χ3v) is 7.84. The second-order valence-corrected chi connectivity index (χ2v) is 10.7. The zero-order chi connectivity index (χ0) is 28.1. The third-order valence-electron chi connectivity index (χ3n) is 6.77. The van der Waals surface area contributed by atoms with E-state index >= 15 is 0 Å². The lowest BCUT2D eigenvalue weighted by Crippen LogP contribution is -2.31. The Labute approximate surface area is 235 Å². The van der Waals surface area contributed by atoms with Crippen molar-refractivity contribution in [2.45, 2.75) is 38.1 Å². The number of rotatable bonds is 10. The molecule has 0 saturated carbocycles. The van der Waals surface area contributed by atoms with Gasteiger partial charge in [0.15, 0.2) is 6.29 Å². The van der Waals surface area contributed by atoms with Crippen LogP contribution in [0, 0.1) is 0 Å². The fourth-order valence-corrected chi connectivity index (χ4v) is 5.38. The first kappa shape index (κ1) is 28.0. The number of hydrogen-bond donors (Lipinski definition) is 3. The number of benzene rings is 3. The van der Waals surface area contributed by atoms with Crippen molar-refractivity contribution in [2.75, 3.05) is 18.1 Å². The minimum atomic E-state index is -0.754. The van der Waals surface area contributed by atoms with Crippen LogP contribution in [-0.4, -0.2) is 52.3 Å². The summed E-state index contributed by atoms with van der Waals surface area (Å²) in [5.74, 6) is -0.481. The van der Waals surface area contributed by atoms with Crippen molar-refractivity contribution < 1.29 is 38.8 Å². The number of cyclic esters (lactones) is 2. The number of thioether (sulfide) groups is 1. The van der Waals surface area contributed by atoms with Gasteiger partial charge in [-0.1, -0.05) is 48.5 Å². The summed E-state index contributed by atoms with van der Waals surface area (Å²) in [6.07, 6.45) is -0.179.